The van der Waals surface area contributed by atoms with E-state index < -0.39 is 5.60 Å². The molecule has 0 N–H and O–H groups in total. The standard InChI is InChI=1S/C14H17ClN2O2/c1-14(2,3)19-13(18)17-7-6-10(9-17)12-5-4-11(15)8-16-12/h4-6,8H,7,9H2,1-3H3. The number of pyridine rings is 1. The highest BCUT2D eigenvalue weighted by molar-refractivity contribution is 6.30. The van der Waals surface area contributed by atoms with Crippen molar-refractivity contribution in [3.63, 3.8) is 0 Å². The third-order valence-electron chi connectivity index (χ3n) is 2.63. The molecule has 1 aromatic heterocycles. The lowest BCUT2D eigenvalue weighted by Crippen LogP contribution is -2.35. The molecule has 1 aliphatic rings. The molecule has 0 fully saturated rings. The summed E-state index contributed by atoms with van der Waals surface area (Å²) < 4.78 is 5.34. The first-order valence-electron chi connectivity index (χ1n) is 6.14. The molecule has 2 rings (SSSR count). The van der Waals surface area contributed by atoms with Crippen LogP contribution in [0.2, 0.25) is 5.02 Å². The number of carbonyl (C=O) groups excluding carboxylic acids is 1. The topological polar surface area (TPSA) is 42.4 Å². The van der Waals surface area contributed by atoms with Gasteiger partial charge in [-0.3, -0.25) is 4.98 Å². The lowest BCUT2D eigenvalue weighted by Gasteiger charge is -2.24. The molecule has 0 saturated heterocycles. The van der Waals surface area contributed by atoms with E-state index in [0.717, 1.165) is 11.3 Å². The van der Waals surface area contributed by atoms with E-state index in [9.17, 15) is 4.79 Å². The third kappa shape index (κ3) is 3.70. The number of rotatable bonds is 1. The summed E-state index contributed by atoms with van der Waals surface area (Å²) in [6, 6.07) is 3.65. The number of amides is 1. The summed E-state index contributed by atoms with van der Waals surface area (Å²) in [5.41, 5.74) is 1.39. The fraction of sp³-hybridized carbons (Fsp3) is 0.429. The van der Waals surface area contributed by atoms with E-state index in [2.05, 4.69) is 4.98 Å². The van der Waals surface area contributed by atoms with Crippen LogP contribution in [-0.2, 0) is 4.74 Å². The van der Waals surface area contributed by atoms with Gasteiger partial charge in [-0.2, -0.15) is 0 Å². The molecular formula is C14H17ClN2O2. The molecule has 4 nitrogen and oxygen atoms in total. The van der Waals surface area contributed by atoms with Crippen LogP contribution < -0.4 is 0 Å². The van der Waals surface area contributed by atoms with Crippen molar-refractivity contribution in [2.45, 2.75) is 26.4 Å². The lowest BCUT2D eigenvalue weighted by molar-refractivity contribution is 0.0306. The second-order valence-corrected chi connectivity index (χ2v) is 5.89. The zero-order valence-corrected chi connectivity index (χ0v) is 12.1. The molecule has 0 spiro atoms. The van der Waals surface area contributed by atoms with Crippen LogP contribution in [0.25, 0.3) is 5.57 Å². The van der Waals surface area contributed by atoms with Crippen LogP contribution in [0.1, 0.15) is 26.5 Å². The van der Waals surface area contributed by atoms with E-state index in [1.165, 1.54) is 0 Å². The monoisotopic (exact) mass is 280 g/mol. The highest BCUT2D eigenvalue weighted by atomic mass is 35.5. The van der Waals surface area contributed by atoms with E-state index >= 15 is 0 Å². The molecule has 5 heteroatoms. The number of halogens is 1. The maximum atomic E-state index is 11.9. The maximum Gasteiger partial charge on any atom is 0.410 e. The Hall–Kier alpha value is -1.55. The zero-order valence-electron chi connectivity index (χ0n) is 11.3. The Balaban J connectivity index is 1.99. The second-order valence-electron chi connectivity index (χ2n) is 5.45. The molecular weight excluding hydrogens is 264 g/mol. The SMILES string of the molecule is CC(C)(C)OC(=O)N1CC=C(c2ccc(Cl)cn2)C1. The molecule has 1 aromatic rings. The first-order chi connectivity index (χ1) is 8.85. The molecule has 0 aliphatic carbocycles. The average Bonchev–Trinajstić information content (AvgIpc) is 2.77. The van der Waals surface area contributed by atoms with E-state index in [4.69, 9.17) is 16.3 Å². The van der Waals surface area contributed by atoms with E-state index in [1.807, 2.05) is 32.9 Å². The molecule has 2 heterocycles. The van der Waals surface area contributed by atoms with Crippen LogP contribution in [0.3, 0.4) is 0 Å². The molecule has 0 aromatic carbocycles. The summed E-state index contributed by atoms with van der Waals surface area (Å²) in [5.74, 6) is 0. The van der Waals surface area contributed by atoms with Gasteiger partial charge in [0.05, 0.1) is 17.3 Å². The van der Waals surface area contributed by atoms with Gasteiger partial charge in [-0.05, 0) is 38.5 Å². The number of hydrogen-bond acceptors (Lipinski definition) is 3. The highest BCUT2D eigenvalue weighted by Gasteiger charge is 2.25. The Morgan fingerprint density at radius 1 is 1.42 bits per heavy atom. The van der Waals surface area contributed by atoms with Crippen LogP contribution >= 0.6 is 11.6 Å². The summed E-state index contributed by atoms with van der Waals surface area (Å²) in [7, 11) is 0. The molecule has 1 aliphatic heterocycles. The Morgan fingerprint density at radius 3 is 2.74 bits per heavy atom. The molecule has 0 unspecified atom stereocenters. The van der Waals surface area contributed by atoms with Gasteiger partial charge in [0.2, 0.25) is 0 Å². The lowest BCUT2D eigenvalue weighted by atomic mass is 10.2. The number of ether oxygens (including phenoxy) is 1. The number of carbonyl (C=O) groups is 1. The Kier molecular flexibility index (Phi) is 3.80. The molecule has 0 atom stereocenters. The summed E-state index contributed by atoms with van der Waals surface area (Å²) in [6.07, 6.45) is 3.29. The van der Waals surface area contributed by atoms with Gasteiger partial charge >= 0.3 is 6.09 Å². The fourth-order valence-corrected chi connectivity index (χ4v) is 1.88. The van der Waals surface area contributed by atoms with E-state index in [-0.39, 0.29) is 6.09 Å². The van der Waals surface area contributed by atoms with Crippen molar-refractivity contribution >= 4 is 23.3 Å². The maximum absolute atomic E-state index is 11.9. The molecule has 0 bridgehead atoms. The van der Waals surface area contributed by atoms with Crippen molar-refractivity contribution in [1.29, 1.82) is 0 Å². The van der Waals surface area contributed by atoms with Gasteiger partial charge in [0.15, 0.2) is 0 Å². The predicted octanol–water partition coefficient (Wildman–Crippen LogP) is 3.37. The van der Waals surface area contributed by atoms with Gasteiger partial charge in [-0.25, -0.2) is 4.79 Å². The normalized spacial score (nSPS) is 15.4. The zero-order chi connectivity index (χ0) is 14.0. The molecule has 0 radical (unpaired) electrons. The minimum Gasteiger partial charge on any atom is -0.444 e. The van der Waals surface area contributed by atoms with Gasteiger partial charge in [-0.1, -0.05) is 17.7 Å². The van der Waals surface area contributed by atoms with Crippen LogP contribution in [0.5, 0.6) is 0 Å². The minimum atomic E-state index is -0.474. The van der Waals surface area contributed by atoms with Crippen LogP contribution in [0.15, 0.2) is 24.4 Å². The Labute approximate surface area is 118 Å². The molecule has 102 valence electrons. The van der Waals surface area contributed by atoms with Gasteiger partial charge in [0.1, 0.15) is 5.60 Å². The number of nitrogens with zero attached hydrogens (tertiary/aromatic N) is 2. The smallest absolute Gasteiger partial charge is 0.410 e. The van der Waals surface area contributed by atoms with Crippen LogP contribution in [0, 0.1) is 0 Å². The summed E-state index contributed by atoms with van der Waals surface area (Å²) in [6.45, 7) is 6.64. The number of hydrogen-bond donors (Lipinski definition) is 0. The third-order valence-corrected chi connectivity index (χ3v) is 2.85. The van der Waals surface area contributed by atoms with Crippen LogP contribution in [0.4, 0.5) is 4.79 Å². The molecule has 19 heavy (non-hydrogen) atoms. The largest absolute Gasteiger partial charge is 0.444 e. The summed E-state index contributed by atoms with van der Waals surface area (Å²) >= 11 is 5.80. The van der Waals surface area contributed by atoms with Gasteiger partial charge in [0.25, 0.3) is 0 Å². The van der Waals surface area contributed by atoms with Crippen molar-refractivity contribution in [3.05, 3.63) is 35.1 Å². The van der Waals surface area contributed by atoms with Crippen LogP contribution in [-0.4, -0.2) is 34.7 Å². The highest BCUT2D eigenvalue weighted by Crippen LogP contribution is 2.22. The van der Waals surface area contributed by atoms with Crippen molar-refractivity contribution in [2.24, 2.45) is 0 Å². The number of aromatic nitrogens is 1. The van der Waals surface area contributed by atoms with E-state index in [0.29, 0.717) is 18.1 Å². The fourth-order valence-electron chi connectivity index (χ4n) is 1.77. The van der Waals surface area contributed by atoms with Crippen molar-refractivity contribution in [1.82, 2.24) is 9.88 Å². The molecule has 1 amide bonds. The van der Waals surface area contributed by atoms with Gasteiger partial charge in [0, 0.05) is 12.7 Å². The van der Waals surface area contributed by atoms with Crippen molar-refractivity contribution in [3.8, 4) is 0 Å². The summed E-state index contributed by atoms with van der Waals surface area (Å²) in [4.78, 5) is 17.8. The average molecular weight is 281 g/mol. The van der Waals surface area contributed by atoms with Gasteiger partial charge in [-0.15, -0.1) is 0 Å². The Morgan fingerprint density at radius 2 is 2.16 bits per heavy atom. The first-order valence-corrected chi connectivity index (χ1v) is 6.52. The summed E-state index contributed by atoms with van der Waals surface area (Å²) in [5, 5.41) is 0.603. The first kappa shape index (κ1) is 13.9. The minimum absolute atomic E-state index is 0.298. The van der Waals surface area contributed by atoms with Crippen molar-refractivity contribution in [2.75, 3.05) is 13.1 Å². The van der Waals surface area contributed by atoms with E-state index in [1.54, 1.807) is 17.2 Å². The Bertz CT molecular complexity index is 503. The quantitative estimate of drug-likeness (QED) is 0.792. The molecule has 0 saturated carbocycles. The van der Waals surface area contributed by atoms with Gasteiger partial charge < -0.3 is 9.64 Å². The predicted molar refractivity (Wildman–Crippen MR) is 75.0 cm³/mol. The second kappa shape index (κ2) is 5.21. The van der Waals surface area contributed by atoms with Crippen molar-refractivity contribution < 1.29 is 9.53 Å².